The maximum atomic E-state index is 14.5. The van der Waals surface area contributed by atoms with Gasteiger partial charge in [0.05, 0.1) is 16.3 Å². The fourth-order valence-electron chi connectivity index (χ4n) is 3.70. The molecule has 0 spiro atoms. The van der Waals surface area contributed by atoms with E-state index in [-0.39, 0.29) is 23.2 Å². The second-order valence-corrected chi connectivity index (χ2v) is 8.75. The number of fused-ring (bicyclic) bond motifs is 1. The zero-order valence-electron chi connectivity index (χ0n) is 17.4. The van der Waals surface area contributed by atoms with E-state index in [0.29, 0.717) is 16.1 Å². The van der Waals surface area contributed by atoms with E-state index in [1.807, 2.05) is 6.07 Å². The Morgan fingerprint density at radius 2 is 1.88 bits per heavy atom. The summed E-state index contributed by atoms with van der Waals surface area (Å²) in [5.41, 5.74) is 1.89. The zero-order valence-corrected chi connectivity index (χ0v) is 18.2. The van der Waals surface area contributed by atoms with Gasteiger partial charge in [0.2, 0.25) is 5.95 Å². The monoisotopic (exact) mass is 462 g/mol. The minimum absolute atomic E-state index is 0.0396. The smallest absolute Gasteiger partial charge is 0.287 e. The predicted molar refractivity (Wildman–Crippen MR) is 124 cm³/mol. The van der Waals surface area contributed by atoms with Crippen LogP contribution in [0, 0.1) is 5.82 Å². The number of nitrogens with one attached hydrogen (secondary N) is 3. The molecule has 33 heavy (non-hydrogen) atoms. The molecule has 5 rings (SSSR count). The molecule has 0 saturated carbocycles. The molecule has 0 bridgehead atoms. The molecule has 10 heteroatoms. The van der Waals surface area contributed by atoms with Gasteiger partial charge in [0.1, 0.15) is 11.5 Å². The highest BCUT2D eigenvalue weighted by Crippen LogP contribution is 2.31. The molecule has 0 unspecified atom stereocenters. The maximum Gasteiger partial charge on any atom is 0.287 e. The Bertz CT molecular complexity index is 1360. The van der Waals surface area contributed by atoms with E-state index in [1.165, 1.54) is 46.0 Å². The van der Waals surface area contributed by atoms with Gasteiger partial charge in [-0.15, -0.1) is 11.3 Å². The number of benzene rings is 1. The van der Waals surface area contributed by atoms with Crippen molar-refractivity contribution in [3.63, 3.8) is 0 Å². The number of anilines is 3. The number of nitrogens with zero attached hydrogens (tertiary/aromatic N) is 3. The number of aryl methyl sites for hydroxylation is 2. The third-order valence-electron chi connectivity index (χ3n) is 5.35. The average molecular weight is 463 g/mol. The summed E-state index contributed by atoms with van der Waals surface area (Å²) in [6.07, 6.45) is 7.31. The summed E-state index contributed by atoms with van der Waals surface area (Å²) in [6, 6.07) is 9.35. The Kier molecular flexibility index (Phi) is 5.66. The molecule has 1 amide bonds. The number of hydrogen-bond acceptors (Lipinski definition) is 7. The van der Waals surface area contributed by atoms with E-state index in [1.54, 1.807) is 18.5 Å². The summed E-state index contributed by atoms with van der Waals surface area (Å²) in [4.78, 5) is 34.8. The van der Waals surface area contributed by atoms with E-state index in [0.717, 1.165) is 25.7 Å². The standard InChI is InChI=1S/C23H19FN6O2S/c24-15-7-6-13(16-12-18(21(31)30-29-16)28-23-25-8-3-9-26-23)10-17(15)27-22(32)20-11-14-4-1-2-5-19(14)33-20/h3,6-12H,1-2,4-5H2,(H,27,32)(H,30,31)(H,25,26,28,29). The zero-order chi connectivity index (χ0) is 22.8. The van der Waals surface area contributed by atoms with Crippen LogP contribution in [0.1, 0.15) is 33.0 Å². The van der Waals surface area contributed by atoms with Crippen molar-refractivity contribution in [2.24, 2.45) is 0 Å². The lowest BCUT2D eigenvalue weighted by atomic mass is 9.99. The Balaban J connectivity index is 1.40. The van der Waals surface area contributed by atoms with Crippen LogP contribution in [0.2, 0.25) is 0 Å². The second kappa shape index (κ2) is 8.91. The van der Waals surface area contributed by atoms with Crippen molar-refractivity contribution < 1.29 is 9.18 Å². The minimum Gasteiger partial charge on any atom is -0.319 e. The van der Waals surface area contributed by atoms with Gasteiger partial charge in [0, 0.05) is 22.8 Å². The molecule has 3 aromatic heterocycles. The highest BCUT2D eigenvalue weighted by Gasteiger charge is 2.19. The van der Waals surface area contributed by atoms with E-state index < -0.39 is 11.4 Å². The molecule has 1 aliphatic carbocycles. The summed E-state index contributed by atoms with van der Waals surface area (Å²) in [7, 11) is 0. The van der Waals surface area contributed by atoms with Gasteiger partial charge in [-0.3, -0.25) is 9.59 Å². The van der Waals surface area contributed by atoms with Crippen molar-refractivity contribution in [1.29, 1.82) is 0 Å². The van der Waals surface area contributed by atoms with Crippen molar-refractivity contribution in [1.82, 2.24) is 20.2 Å². The second-order valence-electron chi connectivity index (χ2n) is 7.61. The number of carbonyl (C=O) groups is 1. The van der Waals surface area contributed by atoms with Crippen LogP contribution in [-0.4, -0.2) is 26.1 Å². The maximum absolute atomic E-state index is 14.5. The number of thiophene rings is 1. The van der Waals surface area contributed by atoms with Crippen LogP contribution >= 0.6 is 11.3 Å². The van der Waals surface area contributed by atoms with Gasteiger partial charge in [-0.25, -0.2) is 19.5 Å². The molecule has 0 radical (unpaired) electrons. The Morgan fingerprint density at radius 3 is 2.70 bits per heavy atom. The summed E-state index contributed by atoms with van der Waals surface area (Å²) >= 11 is 1.47. The summed E-state index contributed by atoms with van der Waals surface area (Å²) in [5, 5.41) is 12.0. The number of aromatic amines is 1. The first-order chi connectivity index (χ1) is 16.1. The largest absolute Gasteiger partial charge is 0.319 e. The molecule has 0 saturated heterocycles. The van der Waals surface area contributed by atoms with Gasteiger partial charge in [-0.05, 0) is 67.6 Å². The van der Waals surface area contributed by atoms with Crippen molar-refractivity contribution in [3.05, 3.63) is 80.3 Å². The van der Waals surface area contributed by atoms with E-state index in [4.69, 9.17) is 0 Å². The lowest BCUT2D eigenvalue weighted by Crippen LogP contribution is -2.14. The molecule has 4 aromatic rings. The van der Waals surface area contributed by atoms with Crippen molar-refractivity contribution in [3.8, 4) is 11.3 Å². The van der Waals surface area contributed by atoms with Crippen LogP contribution in [0.3, 0.4) is 0 Å². The van der Waals surface area contributed by atoms with Gasteiger partial charge < -0.3 is 10.6 Å². The Morgan fingerprint density at radius 1 is 1.06 bits per heavy atom. The molecule has 1 aromatic carbocycles. The first-order valence-corrected chi connectivity index (χ1v) is 11.2. The van der Waals surface area contributed by atoms with Crippen molar-refractivity contribution in [2.75, 3.05) is 10.6 Å². The van der Waals surface area contributed by atoms with Crippen LogP contribution in [0.4, 0.5) is 21.7 Å². The molecule has 0 fully saturated rings. The van der Waals surface area contributed by atoms with Crippen LogP contribution in [0.15, 0.2) is 53.6 Å². The number of hydrogen-bond donors (Lipinski definition) is 3. The van der Waals surface area contributed by atoms with Crippen LogP contribution < -0.4 is 16.2 Å². The van der Waals surface area contributed by atoms with E-state index in [2.05, 4.69) is 30.8 Å². The van der Waals surface area contributed by atoms with E-state index >= 15 is 0 Å². The normalized spacial score (nSPS) is 12.8. The number of rotatable bonds is 5. The lowest BCUT2D eigenvalue weighted by Gasteiger charge is -2.09. The summed E-state index contributed by atoms with van der Waals surface area (Å²) in [6.45, 7) is 0. The fraction of sp³-hybridized carbons (Fsp3) is 0.174. The quantitative estimate of drug-likeness (QED) is 0.408. The SMILES string of the molecule is O=C(Nc1cc(-c2cc(Nc3ncccn3)c(=O)[nH]n2)ccc1F)c1cc2c(s1)CCCC2. The molecule has 0 atom stereocenters. The highest BCUT2D eigenvalue weighted by molar-refractivity contribution is 7.14. The highest BCUT2D eigenvalue weighted by atomic mass is 32.1. The number of H-pyrrole nitrogens is 1. The van der Waals surface area contributed by atoms with Gasteiger partial charge in [-0.2, -0.15) is 5.10 Å². The molecular formula is C23H19FN6O2S. The van der Waals surface area contributed by atoms with Crippen LogP contribution in [-0.2, 0) is 12.8 Å². The molecule has 0 aliphatic heterocycles. The van der Waals surface area contributed by atoms with Crippen LogP contribution in [0.25, 0.3) is 11.3 Å². The molecule has 3 N–H and O–H groups in total. The van der Waals surface area contributed by atoms with E-state index in [9.17, 15) is 14.0 Å². The number of carbonyl (C=O) groups excluding carboxylic acids is 1. The lowest BCUT2D eigenvalue weighted by molar-refractivity contribution is 0.103. The molecule has 166 valence electrons. The Hall–Kier alpha value is -3.92. The van der Waals surface area contributed by atoms with Gasteiger partial charge in [0.15, 0.2) is 0 Å². The van der Waals surface area contributed by atoms with Crippen molar-refractivity contribution in [2.45, 2.75) is 25.7 Å². The molecular weight excluding hydrogens is 443 g/mol. The summed E-state index contributed by atoms with van der Waals surface area (Å²) < 4.78 is 14.5. The first kappa shape index (κ1) is 21.0. The molecule has 1 aliphatic rings. The third-order valence-corrected chi connectivity index (χ3v) is 6.58. The Labute approximate surface area is 191 Å². The van der Waals surface area contributed by atoms with Gasteiger partial charge >= 0.3 is 0 Å². The van der Waals surface area contributed by atoms with Gasteiger partial charge in [-0.1, -0.05) is 0 Å². The van der Waals surface area contributed by atoms with Crippen LogP contribution in [0.5, 0.6) is 0 Å². The first-order valence-electron chi connectivity index (χ1n) is 10.4. The number of aromatic nitrogens is 4. The molecule has 8 nitrogen and oxygen atoms in total. The minimum atomic E-state index is -0.561. The van der Waals surface area contributed by atoms with Crippen molar-refractivity contribution >= 4 is 34.6 Å². The molecule has 3 heterocycles. The van der Waals surface area contributed by atoms with Gasteiger partial charge in [0.25, 0.3) is 11.5 Å². The average Bonchev–Trinajstić information content (AvgIpc) is 3.27. The number of amides is 1. The summed E-state index contributed by atoms with van der Waals surface area (Å²) in [5.74, 6) is -0.650. The predicted octanol–water partition coefficient (Wildman–Crippen LogP) is 4.30. The third kappa shape index (κ3) is 4.51. The topological polar surface area (TPSA) is 113 Å². The number of halogens is 1. The fourth-order valence-corrected chi connectivity index (χ4v) is 4.85.